The Kier molecular flexibility index (Phi) is 4.62. The highest BCUT2D eigenvalue weighted by Crippen LogP contribution is 2.16. The van der Waals surface area contributed by atoms with Gasteiger partial charge in [-0.05, 0) is 49.7 Å². The maximum absolute atomic E-state index is 12.7. The van der Waals surface area contributed by atoms with E-state index >= 15 is 0 Å². The number of aromatic amines is 1. The van der Waals surface area contributed by atoms with E-state index in [1.807, 2.05) is 31.2 Å². The molecule has 0 spiro atoms. The fourth-order valence-corrected chi connectivity index (χ4v) is 3.07. The molecule has 8 heteroatoms. The zero-order chi connectivity index (χ0) is 18.9. The summed E-state index contributed by atoms with van der Waals surface area (Å²) in [7, 11) is -3.74. The van der Waals surface area contributed by atoms with E-state index in [1.165, 1.54) is 35.2 Å². The van der Waals surface area contributed by atoms with Crippen molar-refractivity contribution < 1.29 is 8.42 Å². The van der Waals surface area contributed by atoms with E-state index < -0.39 is 10.0 Å². The zero-order valence-corrected chi connectivity index (χ0v) is 15.1. The Morgan fingerprint density at radius 3 is 2.35 bits per heavy atom. The highest BCUT2D eigenvalue weighted by Gasteiger charge is 2.12. The summed E-state index contributed by atoms with van der Waals surface area (Å²) < 4.78 is 24.0. The SMILES string of the molecule is Cc1ccccc1-n1[nH]c(C)c(C=Nc2ccc(S(N)(=O)=O)cc2)c1=O. The quantitative estimate of drug-likeness (QED) is 0.687. The van der Waals surface area contributed by atoms with Crippen LogP contribution in [0.4, 0.5) is 5.69 Å². The lowest BCUT2D eigenvalue weighted by atomic mass is 10.2. The second-order valence-corrected chi connectivity index (χ2v) is 7.44. The molecule has 0 bridgehead atoms. The number of nitrogens with zero attached hydrogens (tertiary/aromatic N) is 2. The minimum atomic E-state index is -3.74. The molecule has 0 amide bonds. The number of sulfonamides is 1. The van der Waals surface area contributed by atoms with Crippen molar-refractivity contribution in [2.24, 2.45) is 10.1 Å². The van der Waals surface area contributed by atoms with Gasteiger partial charge in [-0.1, -0.05) is 18.2 Å². The number of primary sulfonamides is 1. The van der Waals surface area contributed by atoms with Gasteiger partial charge < -0.3 is 0 Å². The van der Waals surface area contributed by atoms with Crippen molar-refractivity contribution in [1.82, 2.24) is 9.78 Å². The van der Waals surface area contributed by atoms with E-state index in [1.54, 1.807) is 6.92 Å². The van der Waals surface area contributed by atoms with Crippen LogP contribution in [0.5, 0.6) is 0 Å². The van der Waals surface area contributed by atoms with Crippen molar-refractivity contribution in [2.75, 3.05) is 0 Å². The Morgan fingerprint density at radius 2 is 1.73 bits per heavy atom. The predicted octanol–water partition coefficient (Wildman–Crippen LogP) is 2.18. The first kappa shape index (κ1) is 17.8. The van der Waals surface area contributed by atoms with Crippen molar-refractivity contribution >= 4 is 21.9 Å². The maximum atomic E-state index is 12.7. The highest BCUT2D eigenvalue weighted by atomic mass is 32.2. The molecule has 134 valence electrons. The first-order valence-corrected chi connectivity index (χ1v) is 9.36. The second-order valence-electron chi connectivity index (χ2n) is 5.87. The van der Waals surface area contributed by atoms with Gasteiger partial charge in [0.2, 0.25) is 10.0 Å². The van der Waals surface area contributed by atoms with Gasteiger partial charge in [0.15, 0.2) is 0 Å². The first-order chi connectivity index (χ1) is 12.3. The number of benzene rings is 2. The number of nitrogens with two attached hydrogens (primary N) is 1. The third kappa shape index (κ3) is 3.51. The second kappa shape index (κ2) is 6.74. The van der Waals surface area contributed by atoms with Gasteiger partial charge in [0.25, 0.3) is 5.56 Å². The van der Waals surface area contributed by atoms with Crippen LogP contribution in [0.15, 0.2) is 63.2 Å². The first-order valence-electron chi connectivity index (χ1n) is 7.82. The lowest BCUT2D eigenvalue weighted by Crippen LogP contribution is -2.18. The number of aryl methyl sites for hydroxylation is 2. The van der Waals surface area contributed by atoms with Crippen LogP contribution in [0.25, 0.3) is 5.69 Å². The largest absolute Gasteiger partial charge is 0.295 e. The van der Waals surface area contributed by atoms with Crippen LogP contribution >= 0.6 is 0 Å². The molecule has 26 heavy (non-hydrogen) atoms. The molecule has 0 saturated heterocycles. The summed E-state index contributed by atoms with van der Waals surface area (Å²) in [4.78, 5) is 17.0. The minimum absolute atomic E-state index is 0.0104. The highest BCUT2D eigenvalue weighted by molar-refractivity contribution is 7.89. The van der Waals surface area contributed by atoms with Gasteiger partial charge in [-0.3, -0.25) is 14.9 Å². The van der Waals surface area contributed by atoms with Gasteiger partial charge in [0.05, 0.1) is 21.8 Å². The summed E-state index contributed by atoms with van der Waals surface area (Å²) in [6, 6.07) is 13.4. The molecule has 1 heterocycles. The number of aromatic nitrogens is 2. The molecular weight excluding hydrogens is 352 g/mol. The lowest BCUT2D eigenvalue weighted by molar-refractivity contribution is 0.598. The lowest BCUT2D eigenvalue weighted by Gasteiger charge is -2.04. The molecule has 0 fully saturated rings. The molecule has 2 aromatic carbocycles. The minimum Gasteiger partial charge on any atom is -0.295 e. The van der Waals surface area contributed by atoms with Gasteiger partial charge in [-0.15, -0.1) is 0 Å². The van der Waals surface area contributed by atoms with Gasteiger partial charge in [0.1, 0.15) is 0 Å². The summed E-state index contributed by atoms with van der Waals surface area (Å²) in [5, 5.41) is 8.12. The Bertz CT molecular complexity index is 1140. The van der Waals surface area contributed by atoms with Gasteiger partial charge in [-0.2, -0.15) is 0 Å². The van der Waals surface area contributed by atoms with Crippen molar-refractivity contribution in [1.29, 1.82) is 0 Å². The smallest absolute Gasteiger partial charge is 0.280 e. The molecule has 1 aromatic heterocycles. The molecule has 7 nitrogen and oxygen atoms in total. The van der Waals surface area contributed by atoms with Crippen molar-refractivity contribution in [3.63, 3.8) is 0 Å². The summed E-state index contributed by atoms with van der Waals surface area (Å²) in [6.07, 6.45) is 1.47. The van der Waals surface area contributed by atoms with E-state index in [0.717, 1.165) is 11.3 Å². The average Bonchev–Trinajstić information content (AvgIpc) is 2.87. The standard InChI is InChI=1S/C18H18N4O3S/c1-12-5-3-4-6-17(12)22-18(23)16(13(2)21-22)11-20-14-7-9-15(10-8-14)26(19,24)25/h3-11,21H,1-2H3,(H2,19,24,25). The molecule has 3 aromatic rings. The normalized spacial score (nSPS) is 12.0. The summed E-state index contributed by atoms with van der Waals surface area (Å²) in [5.41, 5.74) is 3.17. The summed E-state index contributed by atoms with van der Waals surface area (Å²) in [5.74, 6) is 0. The molecule has 0 atom stereocenters. The molecule has 0 saturated carbocycles. The Hall–Kier alpha value is -2.97. The molecule has 0 aliphatic rings. The van der Waals surface area contributed by atoms with E-state index in [9.17, 15) is 13.2 Å². The van der Waals surface area contributed by atoms with Crippen molar-refractivity contribution in [2.45, 2.75) is 18.7 Å². The average molecular weight is 370 g/mol. The Morgan fingerprint density at radius 1 is 1.08 bits per heavy atom. The van der Waals surface area contributed by atoms with E-state index in [0.29, 0.717) is 16.9 Å². The number of aliphatic imine (C=N–C) groups is 1. The summed E-state index contributed by atoms with van der Waals surface area (Å²) in [6.45, 7) is 3.72. The number of nitrogens with one attached hydrogen (secondary N) is 1. The van der Waals surface area contributed by atoms with Gasteiger partial charge in [0, 0.05) is 11.9 Å². The Labute approximate surface area is 150 Å². The van der Waals surface area contributed by atoms with Gasteiger partial charge >= 0.3 is 0 Å². The van der Waals surface area contributed by atoms with E-state index in [-0.39, 0.29) is 10.5 Å². The number of para-hydroxylation sites is 1. The number of hydrogen-bond donors (Lipinski definition) is 2. The Balaban J connectivity index is 1.95. The maximum Gasteiger partial charge on any atom is 0.280 e. The predicted molar refractivity (Wildman–Crippen MR) is 101 cm³/mol. The molecule has 3 rings (SSSR count). The molecule has 0 aliphatic carbocycles. The number of rotatable bonds is 4. The monoisotopic (exact) mass is 370 g/mol. The molecular formula is C18H18N4O3S. The third-order valence-electron chi connectivity index (χ3n) is 3.98. The topological polar surface area (TPSA) is 110 Å². The van der Waals surface area contributed by atoms with Crippen LogP contribution in [0.2, 0.25) is 0 Å². The fourth-order valence-electron chi connectivity index (χ4n) is 2.56. The van der Waals surface area contributed by atoms with E-state index in [2.05, 4.69) is 10.1 Å². The van der Waals surface area contributed by atoms with Crippen molar-refractivity contribution in [3.05, 3.63) is 75.7 Å². The third-order valence-corrected chi connectivity index (χ3v) is 4.91. The van der Waals surface area contributed by atoms with Crippen molar-refractivity contribution in [3.8, 4) is 5.69 Å². The van der Waals surface area contributed by atoms with Gasteiger partial charge in [-0.25, -0.2) is 18.2 Å². The molecule has 0 radical (unpaired) electrons. The molecule has 0 aliphatic heterocycles. The number of hydrogen-bond acceptors (Lipinski definition) is 4. The van der Waals surface area contributed by atoms with Crippen LogP contribution < -0.4 is 10.7 Å². The van der Waals surface area contributed by atoms with Crippen LogP contribution in [-0.4, -0.2) is 24.4 Å². The van der Waals surface area contributed by atoms with E-state index in [4.69, 9.17) is 5.14 Å². The van der Waals surface area contributed by atoms with Crippen LogP contribution in [0.1, 0.15) is 16.8 Å². The fraction of sp³-hybridized carbons (Fsp3) is 0.111. The number of H-pyrrole nitrogens is 1. The summed E-state index contributed by atoms with van der Waals surface area (Å²) >= 11 is 0. The zero-order valence-electron chi connectivity index (χ0n) is 14.3. The van der Waals surface area contributed by atoms with Crippen LogP contribution in [0, 0.1) is 13.8 Å². The molecule has 0 unspecified atom stereocenters. The van der Waals surface area contributed by atoms with Crippen LogP contribution in [-0.2, 0) is 10.0 Å². The molecule has 3 N–H and O–H groups in total. The van der Waals surface area contributed by atoms with Crippen LogP contribution in [0.3, 0.4) is 0 Å².